The van der Waals surface area contributed by atoms with Crippen molar-refractivity contribution in [1.29, 1.82) is 0 Å². The van der Waals surface area contributed by atoms with E-state index in [9.17, 15) is 14.4 Å². The molecule has 3 fully saturated rings. The summed E-state index contributed by atoms with van der Waals surface area (Å²) in [5.41, 5.74) is -0.161. The van der Waals surface area contributed by atoms with Crippen molar-refractivity contribution < 1.29 is 14.3 Å². The summed E-state index contributed by atoms with van der Waals surface area (Å²) in [4.78, 5) is 39.8. The van der Waals surface area contributed by atoms with Crippen LogP contribution in [-0.4, -0.2) is 83.8 Å². The minimum atomic E-state index is -0.367. The molecule has 3 heterocycles. The average molecular weight is 391 g/mol. The van der Waals surface area contributed by atoms with Gasteiger partial charge >= 0.3 is 0 Å². The third kappa shape index (κ3) is 5.02. The first-order chi connectivity index (χ1) is 13.6. The molecule has 154 valence electrons. The summed E-state index contributed by atoms with van der Waals surface area (Å²) in [6.07, 6.45) is 4.82. The van der Waals surface area contributed by atoms with Gasteiger partial charge in [-0.25, -0.2) is 0 Å². The number of rotatable bonds is 7. The van der Waals surface area contributed by atoms with E-state index in [0.29, 0.717) is 19.0 Å². The second kappa shape index (κ2) is 8.48. The molecule has 2 saturated heterocycles. The number of aromatic amines is 2. The molecule has 1 unspecified atom stereocenters. The Balaban J connectivity index is 1.21. The summed E-state index contributed by atoms with van der Waals surface area (Å²) in [7, 11) is 0. The number of nitrogens with zero attached hydrogens (tertiary/aromatic N) is 2. The molecule has 28 heavy (non-hydrogen) atoms. The molecule has 1 aromatic heterocycles. The molecule has 9 heteroatoms. The molecule has 3 N–H and O–H groups in total. The average Bonchev–Trinajstić information content (AvgIpc) is 3.40. The normalized spacial score (nSPS) is 24.5. The molecule has 0 radical (unpaired) electrons. The van der Waals surface area contributed by atoms with Crippen molar-refractivity contribution in [2.45, 2.75) is 31.8 Å². The van der Waals surface area contributed by atoms with Crippen LogP contribution in [0.4, 0.5) is 0 Å². The summed E-state index contributed by atoms with van der Waals surface area (Å²) in [5, 5.41) is 7.61. The first kappa shape index (κ1) is 19.2. The predicted octanol–water partition coefficient (Wildman–Crippen LogP) is -0.218. The number of aromatic nitrogens is 2. The van der Waals surface area contributed by atoms with Gasteiger partial charge < -0.3 is 19.9 Å². The Morgan fingerprint density at radius 2 is 1.86 bits per heavy atom. The minimum absolute atomic E-state index is 0.0259. The van der Waals surface area contributed by atoms with E-state index in [1.807, 2.05) is 4.90 Å². The first-order valence-corrected chi connectivity index (χ1v) is 10.2. The fourth-order valence-electron chi connectivity index (χ4n) is 4.07. The number of piperidine rings is 1. The lowest BCUT2D eigenvalue weighted by atomic mass is 9.95. The largest absolute Gasteiger partial charge is 0.365 e. The van der Waals surface area contributed by atoms with Crippen molar-refractivity contribution in [3.05, 3.63) is 22.1 Å². The van der Waals surface area contributed by atoms with Gasteiger partial charge in [-0.05, 0) is 50.6 Å². The Labute approximate surface area is 163 Å². The number of amides is 2. The molecular weight excluding hydrogens is 362 g/mol. The van der Waals surface area contributed by atoms with Gasteiger partial charge in [-0.2, -0.15) is 0 Å². The van der Waals surface area contributed by atoms with Crippen LogP contribution in [0.5, 0.6) is 0 Å². The van der Waals surface area contributed by atoms with Crippen LogP contribution >= 0.6 is 0 Å². The zero-order chi connectivity index (χ0) is 19.5. The highest BCUT2D eigenvalue weighted by molar-refractivity contribution is 5.92. The van der Waals surface area contributed by atoms with Crippen LogP contribution in [0.1, 0.15) is 36.2 Å². The molecule has 1 aliphatic carbocycles. The van der Waals surface area contributed by atoms with E-state index in [1.165, 1.54) is 25.5 Å². The van der Waals surface area contributed by atoms with Crippen LogP contribution in [0, 0.1) is 11.8 Å². The van der Waals surface area contributed by atoms with Crippen LogP contribution in [0.15, 0.2) is 10.9 Å². The van der Waals surface area contributed by atoms with Gasteiger partial charge in [0.05, 0.1) is 6.10 Å². The molecule has 2 amide bonds. The van der Waals surface area contributed by atoms with Gasteiger partial charge in [0.15, 0.2) is 0 Å². The third-order valence-electron chi connectivity index (χ3n) is 5.95. The summed E-state index contributed by atoms with van der Waals surface area (Å²) in [5.74, 6) is 1.13. The van der Waals surface area contributed by atoms with Gasteiger partial charge in [0.2, 0.25) is 5.91 Å². The lowest BCUT2D eigenvalue weighted by molar-refractivity contribution is -0.149. The first-order valence-electron chi connectivity index (χ1n) is 10.2. The second-order valence-electron chi connectivity index (χ2n) is 8.30. The summed E-state index contributed by atoms with van der Waals surface area (Å²) >= 11 is 0. The number of morpholine rings is 1. The van der Waals surface area contributed by atoms with Gasteiger partial charge in [-0.1, -0.05) is 0 Å². The third-order valence-corrected chi connectivity index (χ3v) is 5.95. The van der Waals surface area contributed by atoms with Crippen LogP contribution in [0.3, 0.4) is 0 Å². The highest BCUT2D eigenvalue weighted by Gasteiger charge is 2.31. The zero-order valence-corrected chi connectivity index (χ0v) is 16.1. The number of likely N-dealkylation sites (tertiary alicyclic amines) is 1. The molecule has 0 spiro atoms. The quantitative estimate of drug-likeness (QED) is 0.595. The van der Waals surface area contributed by atoms with Crippen LogP contribution in [0.2, 0.25) is 0 Å². The molecule has 1 atom stereocenters. The van der Waals surface area contributed by atoms with Gasteiger partial charge in [0.1, 0.15) is 12.3 Å². The maximum Gasteiger partial charge on any atom is 0.269 e. The molecule has 2 aliphatic heterocycles. The van der Waals surface area contributed by atoms with Gasteiger partial charge in [-0.3, -0.25) is 24.6 Å². The molecular formula is C19H29N5O4. The maximum absolute atomic E-state index is 12.3. The van der Waals surface area contributed by atoms with Crippen molar-refractivity contribution in [3.63, 3.8) is 0 Å². The second-order valence-corrected chi connectivity index (χ2v) is 8.30. The lowest BCUT2D eigenvalue weighted by Crippen LogP contribution is -2.52. The van der Waals surface area contributed by atoms with Gasteiger partial charge in [0, 0.05) is 32.2 Å². The molecule has 9 nitrogen and oxygen atoms in total. The Hall–Kier alpha value is -2.13. The molecule has 1 aromatic rings. The van der Waals surface area contributed by atoms with E-state index < -0.39 is 0 Å². The fourth-order valence-corrected chi connectivity index (χ4v) is 4.07. The number of carbonyl (C=O) groups is 2. The van der Waals surface area contributed by atoms with Crippen molar-refractivity contribution in [2.24, 2.45) is 11.8 Å². The van der Waals surface area contributed by atoms with E-state index in [2.05, 4.69) is 20.4 Å². The Bertz CT molecular complexity index is 748. The van der Waals surface area contributed by atoms with E-state index in [4.69, 9.17) is 4.74 Å². The highest BCUT2D eigenvalue weighted by atomic mass is 16.5. The molecule has 1 saturated carbocycles. The maximum atomic E-state index is 12.3. The Morgan fingerprint density at radius 3 is 2.54 bits per heavy atom. The smallest absolute Gasteiger partial charge is 0.269 e. The number of hydrogen-bond donors (Lipinski definition) is 3. The standard InChI is InChI=1S/C19H29N5O4/c25-17-7-16(21-22-17)19(27)20-8-15-11-24(18(26)12-28-15)10-14-3-5-23(6-4-14)9-13-1-2-13/h7,13-15H,1-6,8-12H2,(H,20,27)(H2,21,22,25). The van der Waals surface area contributed by atoms with Crippen molar-refractivity contribution >= 4 is 11.8 Å². The number of hydrogen-bond acceptors (Lipinski definition) is 5. The number of carbonyl (C=O) groups excluding carboxylic acids is 2. The number of ether oxygens (including phenoxy) is 1. The minimum Gasteiger partial charge on any atom is -0.365 e. The van der Waals surface area contributed by atoms with E-state index in [0.717, 1.165) is 38.4 Å². The highest BCUT2D eigenvalue weighted by Crippen LogP contribution is 2.31. The molecule has 4 rings (SSSR count). The predicted molar refractivity (Wildman–Crippen MR) is 102 cm³/mol. The van der Waals surface area contributed by atoms with Crippen molar-refractivity contribution in [2.75, 3.05) is 45.9 Å². The van der Waals surface area contributed by atoms with Crippen molar-refractivity contribution in [1.82, 2.24) is 25.3 Å². The zero-order valence-electron chi connectivity index (χ0n) is 16.1. The van der Waals surface area contributed by atoms with E-state index >= 15 is 0 Å². The van der Waals surface area contributed by atoms with Gasteiger partial charge in [-0.15, -0.1) is 0 Å². The Morgan fingerprint density at radius 1 is 1.11 bits per heavy atom. The van der Waals surface area contributed by atoms with Gasteiger partial charge in [0.25, 0.3) is 11.5 Å². The van der Waals surface area contributed by atoms with Crippen LogP contribution < -0.4 is 10.9 Å². The number of nitrogens with one attached hydrogen (secondary N) is 3. The topological polar surface area (TPSA) is 111 Å². The fraction of sp³-hybridized carbons (Fsp3) is 0.737. The van der Waals surface area contributed by atoms with Crippen LogP contribution in [0.25, 0.3) is 0 Å². The van der Waals surface area contributed by atoms with E-state index in [-0.39, 0.29) is 35.8 Å². The molecule has 0 aromatic carbocycles. The van der Waals surface area contributed by atoms with Crippen LogP contribution in [-0.2, 0) is 9.53 Å². The van der Waals surface area contributed by atoms with E-state index in [1.54, 1.807) is 0 Å². The number of H-pyrrole nitrogens is 2. The molecule has 0 bridgehead atoms. The molecule has 3 aliphatic rings. The SMILES string of the molecule is O=C(NCC1CN(CC2CCN(CC3CC3)CC2)C(=O)CO1)c1cc(=O)[nH][nH]1. The summed E-state index contributed by atoms with van der Waals surface area (Å²) in [6.45, 7) is 5.14. The summed E-state index contributed by atoms with van der Waals surface area (Å²) < 4.78 is 5.57. The van der Waals surface area contributed by atoms with Crippen molar-refractivity contribution in [3.8, 4) is 0 Å². The monoisotopic (exact) mass is 391 g/mol. The summed E-state index contributed by atoms with van der Waals surface area (Å²) in [6, 6.07) is 1.21. The lowest BCUT2D eigenvalue weighted by Gasteiger charge is -2.38. The Kier molecular flexibility index (Phi) is 5.82.